The minimum Gasteiger partial charge on any atom is -0.377 e. The molecule has 2 nitrogen and oxygen atoms in total. The molecule has 16 heavy (non-hydrogen) atoms. The van der Waals surface area contributed by atoms with Crippen LogP contribution in [-0.2, 0) is 4.74 Å². The summed E-state index contributed by atoms with van der Waals surface area (Å²) in [7, 11) is 0. The van der Waals surface area contributed by atoms with Crippen molar-refractivity contribution in [2.45, 2.75) is 76.4 Å². The summed E-state index contributed by atoms with van der Waals surface area (Å²) in [5, 5.41) is 3.61. The fourth-order valence-electron chi connectivity index (χ4n) is 3.03. The Labute approximate surface area is 100 Å². The molecule has 2 fully saturated rings. The Morgan fingerprint density at radius 1 is 0.812 bits per heavy atom. The maximum Gasteiger partial charge on any atom is 0.0594 e. The fraction of sp³-hybridized carbons (Fsp3) is 1.00. The molecule has 0 aromatic heterocycles. The quantitative estimate of drug-likeness (QED) is 0.573. The summed E-state index contributed by atoms with van der Waals surface area (Å²) in [6.07, 6.45) is 14.3. The van der Waals surface area contributed by atoms with Gasteiger partial charge in [0.1, 0.15) is 0 Å². The van der Waals surface area contributed by atoms with Crippen LogP contribution in [0.25, 0.3) is 0 Å². The Hall–Kier alpha value is -0.0800. The molecule has 2 aliphatic carbocycles. The van der Waals surface area contributed by atoms with Crippen molar-refractivity contribution in [1.82, 2.24) is 5.32 Å². The lowest BCUT2D eigenvalue weighted by molar-refractivity contribution is 0.0441. The van der Waals surface area contributed by atoms with Crippen LogP contribution < -0.4 is 5.32 Å². The van der Waals surface area contributed by atoms with Crippen LogP contribution in [-0.4, -0.2) is 25.3 Å². The molecule has 1 N–H and O–H groups in total. The Bertz CT molecular complexity index is 170. The topological polar surface area (TPSA) is 21.3 Å². The molecule has 0 aliphatic heterocycles. The molecule has 0 aromatic rings. The first-order valence-electron chi connectivity index (χ1n) is 7.30. The number of ether oxygens (including phenoxy) is 1. The molecule has 0 radical (unpaired) electrons. The summed E-state index contributed by atoms with van der Waals surface area (Å²) in [6, 6.07) is 0.790. The van der Waals surface area contributed by atoms with Gasteiger partial charge in [0.15, 0.2) is 0 Å². The lowest BCUT2D eigenvalue weighted by atomic mass is 10.1. The maximum absolute atomic E-state index is 5.96. The van der Waals surface area contributed by atoms with E-state index in [0.717, 1.165) is 19.2 Å². The van der Waals surface area contributed by atoms with Gasteiger partial charge in [-0.2, -0.15) is 0 Å². The van der Waals surface area contributed by atoms with Crippen LogP contribution in [0.2, 0.25) is 0 Å². The summed E-state index contributed by atoms with van der Waals surface area (Å²) in [5.74, 6) is 0. The van der Waals surface area contributed by atoms with Crippen LogP contribution in [0.15, 0.2) is 0 Å². The van der Waals surface area contributed by atoms with Gasteiger partial charge in [-0.25, -0.2) is 0 Å². The van der Waals surface area contributed by atoms with Crippen molar-refractivity contribution >= 4 is 0 Å². The van der Waals surface area contributed by atoms with E-state index < -0.39 is 0 Å². The monoisotopic (exact) mass is 225 g/mol. The summed E-state index contributed by atoms with van der Waals surface area (Å²) >= 11 is 0. The summed E-state index contributed by atoms with van der Waals surface area (Å²) in [5.41, 5.74) is 0. The SMILES string of the molecule is C1CCCC(OCCNC2CCCC2)CC1. The lowest BCUT2D eigenvalue weighted by Gasteiger charge is -2.17. The van der Waals surface area contributed by atoms with E-state index in [9.17, 15) is 0 Å². The van der Waals surface area contributed by atoms with Gasteiger partial charge >= 0.3 is 0 Å². The van der Waals surface area contributed by atoms with E-state index >= 15 is 0 Å². The van der Waals surface area contributed by atoms with Gasteiger partial charge in [-0.1, -0.05) is 38.5 Å². The number of rotatable bonds is 5. The molecule has 2 rings (SSSR count). The standard InChI is InChI=1S/C14H27NO/c1-2-4-10-14(9-3-1)16-12-11-15-13-7-5-6-8-13/h13-15H,1-12H2. The molecule has 0 heterocycles. The van der Waals surface area contributed by atoms with Crippen molar-refractivity contribution in [3.63, 3.8) is 0 Å². The molecule has 0 unspecified atom stereocenters. The Morgan fingerprint density at radius 3 is 2.12 bits per heavy atom. The second kappa shape index (κ2) is 7.29. The Balaban J connectivity index is 1.49. The van der Waals surface area contributed by atoms with Gasteiger partial charge in [-0.15, -0.1) is 0 Å². The van der Waals surface area contributed by atoms with Gasteiger partial charge in [-0.3, -0.25) is 0 Å². The van der Waals surface area contributed by atoms with E-state index in [0.29, 0.717) is 6.10 Å². The minimum atomic E-state index is 0.563. The third kappa shape index (κ3) is 4.42. The van der Waals surface area contributed by atoms with E-state index in [-0.39, 0.29) is 0 Å². The number of nitrogens with one attached hydrogen (secondary N) is 1. The van der Waals surface area contributed by atoms with Crippen LogP contribution >= 0.6 is 0 Å². The van der Waals surface area contributed by atoms with E-state index in [1.165, 1.54) is 64.2 Å². The van der Waals surface area contributed by atoms with Gasteiger partial charge in [0.25, 0.3) is 0 Å². The Kier molecular flexibility index (Phi) is 5.64. The molecule has 0 aromatic carbocycles. The van der Waals surface area contributed by atoms with Crippen molar-refractivity contribution in [2.24, 2.45) is 0 Å². The highest BCUT2D eigenvalue weighted by atomic mass is 16.5. The van der Waals surface area contributed by atoms with Crippen molar-refractivity contribution in [3.05, 3.63) is 0 Å². The van der Waals surface area contributed by atoms with Gasteiger partial charge < -0.3 is 10.1 Å². The van der Waals surface area contributed by atoms with Crippen LogP contribution in [0.1, 0.15) is 64.2 Å². The predicted molar refractivity (Wildman–Crippen MR) is 67.7 cm³/mol. The van der Waals surface area contributed by atoms with Gasteiger partial charge in [-0.05, 0) is 25.7 Å². The van der Waals surface area contributed by atoms with Crippen LogP contribution in [0, 0.1) is 0 Å². The number of hydrogen-bond acceptors (Lipinski definition) is 2. The molecular weight excluding hydrogens is 198 g/mol. The van der Waals surface area contributed by atoms with Crippen molar-refractivity contribution in [1.29, 1.82) is 0 Å². The first-order valence-corrected chi connectivity index (χ1v) is 7.30. The highest BCUT2D eigenvalue weighted by molar-refractivity contribution is 4.73. The zero-order valence-corrected chi connectivity index (χ0v) is 10.5. The molecule has 94 valence electrons. The molecular formula is C14H27NO. The van der Waals surface area contributed by atoms with Crippen molar-refractivity contribution in [2.75, 3.05) is 13.2 Å². The first-order chi connectivity index (χ1) is 7.95. The molecule has 0 spiro atoms. The predicted octanol–water partition coefficient (Wildman–Crippen LogP) is 3.26. The highest BCUT2D eigenvalue weighted by Crippen LogP contribution is 2.20. The second-order valence-electron chi connectivity index (χ2n) is 5.42. The van der Waals surface area contributed by atoms with E-state index in [2.05, 4.69) is 5.32 Å². The van der Waals surface area contributed by atoms with Gasteiger partial charge in [0.2, 0.25) is 0 Å². The fourth-order valence-corrected chi connectivity index (χ4v) is 3.03. The van der Waals surface area contributed by atoms with E-state index in [1.807, 2.05) is 0 Å². The Morgan fingerprint density at radius 2 is 1.44 bits per heavy atom. The lowest BCUT2D eigenvalue weighted by Crippen LogP contribution is -2.30. The first kappa shape index (κ1) is 12.4. The third-order valence-corrected chi connectivity index (χ3v) is 4.05. The van der Waals surface area contributed by atoms with Crippen LogP contribution in [0.3, 0.4) is 0 Å². The highest BCUT2D eigenvalue weighted by Gasteiger charge is 2.15. The van der Waals surface area contributed by atoms with Gasteiger partial charge in [0.05, 0.1) is 12.7 Å². The van der Waals surface area contributed by atoms with Crippen molar-refractivity contribution < 1.29 is 4.74 Å². The molecule has 2 aliphatic rings. The summed E-state index contributed by atoms with van der Waals surface area (Å²) in [6.45, 7) is 1.97. The summed E-state index contributed by atoms with van der Waals surface area (Å²) in [4.78, 5) is 0. The largest absolute Gasteiger partial charge is 0.377 e. The van der Waals surface area contributed by atoms with Crippen LogP contribution in [0.4, 0.5) is 0 Å². The molecule has 2 saturated carbocycles. The van der Waals surface area contributed by atoms with Crippen LogP contribution in [0.5, 0.6) is 0 Å². The van der Waals surface area contributed by atoms with E-state index in [4.69, 9.17) is 4.74 Å². The minimum absolute atomic E-state index is 0.563. The smallest absolute Gasteiger partial charge is 0.0594 e. The van der Waals surface area contributed by atoms with Crippen molar-refractivity contribution in [3.8, 4) is 0 Å². The third-order valence-electron chi connectivity index (χ3n) is 4.05. The molecule has 0 atom stereocenters. The summed E-state index contributed by atoms with van der Waals surface area (Å²) < 4.78 is 5.96. The van der Waals surface area contributed by atoms with E-state index in [1.54, 1.807) is 0 Å². The molecule has 0 bridgehead atoms. The average Bonchev–Trinajstić information content (AvgIpc) is 2.68. The number of hydrogen-bond donors (Lipinski definition) is 1. The zero-order valence-electron chi connectivity index (χ0n) is 10.5. The zero-order chi connectivity index (χ0) is 11.1. The normalized spacial score (nSPS) is 24.8. The molecule has 2 heteroatoms. The average molecular weight is 225 g/mol. The maximum atomic E-state index is 5.96. The second-order valence-corrected chi connectivity index (χ2v) is 5.42. The van der Waals surface area contributed by atoms with Gasteiger partial charge in [0, 0.05) is 12.6 Å². The molecule has 0 saturated heterocycles. The molecule has 0 amide bonds.